The molecule has 98 valence electrons. The fraction of sp³-hybridized carbons (Fsp3) is 0.462. The number of halogens is 2. The molecule has 0 aliphatic heterocycles. The molecule has 1 saturated carbocycles. The molecule has 1 aromatic rings. The zero-order valence-electron chi connectivity index (χ0n) is 9.94. The molecule has 0 radical (unpaired) electrons. The maximum atomic E-state index is 12.1. The molecular formula is C13H14F2O3. The van der Waals surface area contributed by atoms with E-state index in [9.17, 15) is 13.6 Å². The van der Waals surface area contributed by atoms with Crippen molar-refractivity contribution in [3.8, 4) is 5.75 Å². The van der Waals surface area contributed by atoms with E-state index in [0.717, 1.165) is 5.56 Å². The molecule has 0 bridgehead atoms. The van der Waals surface area contributed by atoms with Crippen LogP contribution in [-0.2, 0) is 9.53 Å². The van der Waals surface area contributed by atoms with Crippen molar-refractivity contribution < 1.29 is 23.0 Å². The van der Waals surface area contributed by atoms with Crippen LogP contribution in [0.2, 0.25) is 0 Å². The Balaban J connectivity index is 2.01. The third kappa shape index (κ3) is 2.97. The van der Waals surface area contributed by atoms with E-state index >= 15 is 0 Å². The normalized spacial score (nSPS) is 21.8. The van der Waals surface area contributed by atoms with Crippen molar-refractivity contribution in [1.29, 1.82) is 0 Å². The largest absolute Gasteiger partial charge is 0.466 e. The highest BCUT2D eigenvalue weighted by Crippen LogP contribution is 2.48. The van der Waals surface area contributed by atoms with Crippen molar-refractivity contribution >= 4 is 5.97 Å². The number of rotatable bonds is 5. The van der Waals surface area contributed by atoms with Gasteiger partial charge in [0.1, 0.15) is 5.75 Å². The monoisotopic (exact) mass is 256 g/mol. The number of carbonyl (C=O) groups is 1. The molecule has 1 aliphatic rings. The molecule has 0 aromatic heterocycles. The second-order valence-electron chi connectivity index (χ2n) is 4.15. The summed E-state index contributed by atoms with van der Waals surface area (Å²) in [5, 5.41) is 0. The summed E-state index contributed by atoms with van der Waals surface area (Å²) in [5.74, 6) is -0.184. The summed E-state index contributed by atoms with van der Waals surface area (Å²) in [4.78, 5) is 11.5. The Morgan fingerprint density at radius 2 is 2.28 bits per heavy atom. The summed E-state index contributed by atoms with van der Waals surface area (Å²) in [6.45, 7) is -0.719. The van der Waals surface area contributed by atoms with Gasteiger partial charge >= 0.3 is 12.6 Å². The van der Waals surface area contributed by atoms with E-state index in [2.05, 4.69) is 4.74 Å². The van der Waals surface area contributed by atoms with Gasteiger partial charge in [0.05, 0.1) is 12.5 Å². The highest BCUT2D eigenvalue weighted by Gasteiger charge is 2.45. The molecule has 0 amide bonds. The topological polar surface area (TPSA) is 35.5 Å². The van der Waals surface area contributed by atoms with Crippen molar-refractivity contribution in [2.24, 2.45) is 5.92 Å². The Morgan fingerprint density at radius 3 is 2.94 bits per heavy atom. The maximum absolute atomic E-state index is 12.1. The number of carbonyl (C=O) groups excluding carboxylic acids is 1. The first-order valence-electron chi connectivity index (χ1n) is 5.83. The smallest absolute Gasteiger partial charge is 0.387 e. The maximum Gasteiger partial charge on any atom is 0.387 e. The Morgan fingerprint density at radius 1 is 1.50 bits per heavy atom. The van der Waals surface area contributed by atoms with Gasteiger partial charge < -0.3 is 9.47 Å². The Bertz CT molecular complexity index is 434. The molecule has 0 saturated heterocycles. The van der Waals surface area contributed by atoms with Crippen LogP contribution in [0, 0.1) is 5.92 Å². The molecular weight excluding hydrogens is 242 g/mol. The average molecular weight is 256 g/mol. The second-order valence-corrected chi connectivity index (χ2v) is 4.15. The van der Waals surface area contributed by atoms with Gasteiger partial charge in [-0.2, -0.15) is 8.78 Å². The molecule has 2 unspecified atom stereocenters. The molecule has 1 aliphatic carbocycles. The van der Waals surface area contributed by atoms with Crippen LogP contribution in [0.5, 0.6) is 5.75 Å². The minimum atomic E-state index is -2.83. The number of hydrogen-bond donors (Lipinski definition) is 0. The fourth-order valence-corrected chi connectivity index (χ4v) is 1.99. The summed E-state index contributed by atoms with van der Waals surface area (Å²) in [7, 11) is 0. The van der Waals surface area contributed by atoms with Gasteiger partial charge in [0.15, 0.2) is 0 Å². The molecule has 0 N–H and O–H groups in total. The van der Waals surface area contributed by atoms with Crippen molar-refractivity contribution in [3.63, 3.8) is 0 Å². The minimum absolute atomic E-state index is 0.0604. The molecule has 1 fully saturated rings. The van der Waals surface area contributed by atoms with E-state index in [1.54, 1.807) is 19.1 Å². The van der Waals surface area contributed by atoms with Gasteiger partial charge in [-0.3, -0.25) is 4.79 Å². The van der Waals surface area contributed by atoms with E-state index in [0.29, 0.717) is 13.0 Å². The minimum Gasteiger partial charge on any atom is -0.466 e. The van der Waals surface area contributed by atoms with Crippen LogP contribution in [-0.4, -0.2) is 19.2 Å². The molecule has 3 nitrogen and oxygen atoms in total. The van der Waals surface area contributed by atoms with Crippen LogP contribution in [0.1, 0.15) is 24.8 Å². The summed E-state index contributed by atoms with van der Waals surface area (Å²) in [6, 6.07) is 6.48. The number of alkyl halides is 2. The van der Waals surface area contributed by atoms with E-state index in [1.165, 1.54) is 6.07 Å². The van der Waals surface area contributed by atoms with Gasteiger partial charge in [-0.05, 0) is 37.0 Å². The quantitative estimate of drug-likeness (QED) is 0.760. The fourth-order valence-electron chi connectivity index (χ4n) is 1.99. The molecule has 0 spiro atoms. The lowest BCUT2D eigenvalue weighted by Gasteiger charge is -2.06. The highest BCUT2D eigenvalue weighted by molar-refractivity contribution is 5.77. The van der Waals surface area contributed by atoms with Crippen LogP contribution >= 0.6 is 0 Å². The van der Waals surface area contributed by atoms with E-state index in [1.807, 2.05) is 6.07 Å². The first-order chi connectivity index (χ1) is 8.61. The zero-order chi connectivity index (χ0) is 13.1. The number of esters is 1. The van der Waals surface area contributed by atoms with E-state index in [-0.39, 0.29) is 23.6 Å². The predicted molar refractivity (Wildman–Crippen MR) is 60.6 cm³/mol. The molecule has 0 heterocycles. The first-order valence-corrected chi connectivity index (χ1v) is 5.83. The summed E-state index contributed by atoms with van der Waals surface area (Å²) in [5.41, 5.74) is 0.839. The van der Waals surface area contributed by atoms with Crippen LogP contribution in [0.25, 0.3) is 0 Å². The van der Waals surface area contributed by atoms with Crippen molar-refractivity contribution in [2.75, 3.05) is 6.61 Å². The van der Waals surface area contributed by atoms with Gasteiger partial charge in [0.2, 0.25) is 0 Å². The van der Waals surface area contributed by atoms with E-state index in [4.69, 9.17) is 4.74 Å². The third-order valence-corrected chi connectivity index (χ3v) is 2.89. The summed E-state index contributed by atoms with van der Waals surface area (Å²) in [6.07, 6.45) is 0.705. The van der Waals surface area contributed by atoms with Gasteiger partial charge in [0, 0.05) is 0 Å². The average Bonchev–Trinajstić information content (AvgIpc) is 3.08. The highest BCUT2D eigenvalue weighted by atomic mass is 19.3. The number of benzene rings is 1. The van der Waals surface area contributed by atoms with Crippen molar-refractivity contribution in [1.82, 2.24) is 0 Å². The van der Waals surface area contributed by atoms with Gasteiger partial charge in [0.25, 0.3) is 0 Å². The lowest BCUT2D eigenvalue weighted by molar-refractivity contribution is -0.144. The Kier molecular flexibility index (Phi) is 3.79. The predicted octanol–water partition coefficient (Wildman–Crippen LogP) is 2.95. The van der Waals surface area contributed by atoms with Gasteiger partial charge in [-0.15, -0.1) is 0 Å². The van der Waals surface area contributed by atoms with Crippen LogP contribution in [0.15, 0.2) is 24.3 Å². The van der Waals surface area contributed by atoms with Gasteiger partial charge in [-0.25, -0.2) is 0 Å². The number of hydrogen-bond acceptors (Lipinski definition) is 3. The summed E-state index contributed by atoms with van der Waals surface area (Å²) >= 11 is 0. The standard InChI is InChI=1S/C13H14F2O3/c1-2-17-12(16)11-7-10(11)8-4-3-5-9(6-8)18-13(14)15/h3-6,10-11,13H,2,7H2,1H3. The summed E-state index contributed by atoms with van der Waals surface area (Å²) < 4.78 is 33.4. The van der Waals surface area contributed by atoms with Gasteiger partial charge in [-0.1, -0.05) is 12.1 Å². The second kappa shape index (κ2) is 5.33. The van der Waals surface area contributed by atoms with Crippen LogP contribution < -0.4 is 4.74 Å². The molecule has 2 rings (SSSR count). The van der Waals surface area contributed by atoms with Crippen LogP contribution in [0.3, 0.4) is 0 Å². The number of ether oxygens (including phenoxy) is 2. The molecule has 1 aromatic carbocycles. The molecule has 5 heteroatoms. The Labute approximate surface area is 104 Å². The van der Waals surface area contributed by atoms with Crippen LogP contribution in [0.4, 0.5) is 8.78 Å². The lowest BCUT2D eigenvalue weighted by Crippen LogP contribution is -2.07. The lowest BCUT2D eigenvalue weighted by atomic mass is 10.1. The zero-order valence-corrected chi connectivity index (χ0v) is 9.94. The first kappa shape index (κ1) is 12.8. The SMILES string of the molecule is CCOC(=O)C1CC1c1cccc(OC(F)F)c1. The van der Waals surface area contributed by atoms with Crippen molar-refractivity contribution in [3.05, 3.63) is 29.8 Å². The van der Waals surface area contributed by atoms with E-state index < -0.39 is 6.61 Å². The molecule has 18 heavy (non-hydrogen) atoms. The van der Waals surface area contributed by atoms with Crippen molar-refractivity contribution in [2.45, 2.75) is 25.9 Å². The molecule has 2 atom stereocenters. The third-order valence-electron chi connectivity index (χ3n) is 2.89. The Hall–Kier alpha value is -1.65.